The van der Waals surface area contributed by atoms with E-state index in [0.29, 0.717) is 5.41 Å². The Balaban J connectivity index is 0.00000441. The van der Waals surface area contributed by atoms with Crippen LogP contribution in [0, 0.1) is 5.41 Å². The highest BCUT2D eigenvalue weighted by atomic mass is 127. The van der Waals surface area contributed by atoms with Crippen molar-refractivity contribution in [1.29, 1.82) is 0 Å². The van der Waals surface area contributed by atoms with Crippen LogP contribution in [0.15, 0.2) is 4.99 Å². The lowest BCUT2D eigenvalue weighted by Gasteiger charge is -2.42. The molecule has 0 aromatic heterocycles. The van der Waals surface area contributed by atoms with Crippen LogP contribution in [-0.2, 0) is 4.74 Å². The molecule has 0 heterocycles. The Morgan fingerprint density at radius 3 is 2.36 bits per heavy atom. The van der Waals surface area contributed by atoms with Crippen LogP contribution in [0.25, 0.3) is 0 Å². The van der Waals surface area contributed by atoms with E-state index in [9.17, 15) is 0 Å². The fourth-order valence-electron chi connectivity index (χ4n) is 2.87. The summed E-state index contributed by atoms with van der Waals surface area (Å²) in [5.41, 5.74) is 0.423. The van der Waals surface area contributed by atoms with E-state index in [1.807, 2.05) is 7.05 Å². The van der Waals surface area contributed by atoms with Gasteiger partial charge in [-0.2, -0.15) is 0 Å². The van der Waals surface area contributed by atoms with Crippen molar-refractivity contribution in [3.8, 4) is 0 Å². The van der Waals surface area contributed by atoms with Crippen LogP contribution < -0.4 is 10.6 Å². The van der Waals surface area contributed by atoms with Crippen molar-refractivity contribution in [1.82, 2.24) is 15.5 Å². The van der Waals surface area contributed by atoms with Gasteiger partial charge < -0.3 is 20.3 Å². The minimum Gasteiger partial charge on any atom is -0.385 e. The Morgan fingerprint density at radius 2 is 1.91 bits per heavy atom. The SMILES string of the molecule is CCN(CC)CCNC(=NC)NCC1(CCOC)CCC1.I. The van der Waals surface area contributed by atoms with Gasteiger partial charge in [0.15, 0.2) is 5.96 Å². The van der Waals surface area contributed by atoms with Crippen LogP contribution in [0.5, 0.6) is 0 Å². The molecule has 1 aliphatic carbocycles. The first-order valence-electron chi connectivity index (χ1n) is 8.35. The number of likely N-dealkylation sites (N-methyl/N-ethyl adjacent to an activating group) is 1. The highest BCUT2D eigenvalue weighted by Crippen LogP contribution is 2.43. The molecule has 1 aliphatic rings. The predicted molar refractivity (Wildman–Crippen MR) is 105 cm³/mol. The van der Waals surface area contributed by atoms with E-state index >= 15 is 0 Å². The second kappa shape index (κ2) is 12.4. The van der Waals surface area contributed by atoms with E-state index in [1.54, 1.807) is 7.11 Å². The number of guanidine groups is 1. The number of methoxy groups -OCH3 is 1. The molecule has 1 rings (SSSR count). The maximum Gasteiger partial charge on any atom is 0.191 e. The van der Waals surface area contributed by atoms with Crippen molar-refractivity contribution in [2.45, 2.75) is 39.5 Å². The summed E-state index contributed by atoms with van der Waals surface area (Å²) in [6, 6.07) is 0. The lowest BCUT2D eigenvalue weighted by atomic mass is 9.67. The zero-order valence-corrected chi connectivity index (χ0v) is 17.1. The van der Waals surface area contributed by atoms with Gasteiger partial charge in [0.1, 0.15) is 0 Å². The Morgan fingerprint density at radius 1 is 1.23 bits per heavy atom. The summed E-state index contributed by atoms with van der Waals surface area (Å²) in [5, 5.41) is 6.91. The summed E-state index contributed by atoms with van der Waals surface area (Å²) in [6.07, 6.45) is 5.10. The molecule has 0 aromatic rings. The van der Waals surface area contributed by atoms with Crippen molar-refractivity contribution in [3.05, 3.63) is 0 Å². The van der Waals surface area contributed by atoms with Gasteiger partial charge in [0, 0.05) is 40.4 Å². The van der Waals surface area contributed by atoms with Crippen LogP contribution >= 0.6 is 24.0 Å². The van der Waals surface area contributed by atoms with Gasteiger partial charge >= 0.3 is 0 Å². The first-order chi connectivity index (χ1) is 10.2. The molecule has 0 aromatic carbocycles. The lowest BCUT2D eigenvalue weighted by molar-refractivity contribution is 0.0732. The van der Waals surface area contributed by atoms with Gasteiger partial charge in [0.2, 0.25) is 0 Å². The molecule has 1 fully saturated rings. The fourth-order valence-corrected chi connectivity index (χ4v) is 2.87. The van der Waals surface area contributed by atoms with E-state index in [1.165, 1.54) is 19.3 Å². The number of ether oxygens (including phenoxy) is 1. The number of hydrogen-bond donors (Lipinski definition) is 2. The third-order valence-electron chi connectivity index (χ3n) is 4.72. The zero-order chi connectivity index (χ0) is 15.6. The Hall–Kier alpha value is -0.0800. The van der Waals surface area contributed by atoms with Crippen LogP contribution in [0.1, 0.15) is 39.5 Å². The topological polar surface area (TPSA) is 48.9 Å². The predicted octanol–water partition coefficient (Wildman–Crippen LogP) is 2.32. The van der Waals surface area contributed by atoms with E-state index in [0.717, 1.165) is 51.7 Å². The number of hydrogen-bond acceptors (Lipinski definition) is 3. The average molecular weight is 426 g/mol. The molecule has 0 radical (unpaired) electrons. The third kappa shape index (κ3) is 7.46. The largest absolute Gasteiger partial charge is 0.385 e. The maximum absolute atomic E-state index is 5.24. The van der Waals surface area contributed by atoms with Gasteiger partial charge in [0.05, 0.1) is 0 Å². The summed E-state index contributed by atoms with van der Waals surface area (Å²) < 4.78 is 5.24. The summed E-state index contributed by atoms with van der Waals surface area (Å²) >= 11 is 0. The van der Waals surface area contributed by atoms with Crippen molar-refractivity contribution < 1.29 is 4.74 Å². The molecule has 0 unspecified atom stereocenters. The second-order valence-corrected chi connectivity index (χ2v) is 5.98. The van der Waals surface area contributed by atoms with E-state index in [4.69, 9.17) is 4.74 Å². The van der Waals surface area contributed by atoms with Crippen LogP contribution in [0.3, 0.4) is 0 Å². The third-order valence-corrected chi connectivity index (χ3v) is 4.72. The van der Waals surface area contributed by atoms with Gasteiger partial charge in [0.25, 0.3) is 0 Å². The summed E-state index contributed by atoms with van der Waals surface area (Å²) in [4.78, 5) is 6.73. The van der Waals surface area contributed by atoms with Crippen molar-refractivity contribution in [3.63, 3.8) is 0 Å². The maximum atomic E-state index is 5.24. The van der Waals surface area contributed by atoms with Gasteiger partial charge in [-0.3, -0.25) is 4.99 Å². The van der Waals surface area contributed by atoms with Crippen LogP contribution in [-0.4, -0.2) is 64.3 Å². The molecule has 2 N–H and O–H groups in total. The molecular weight excluding hydrogens is 391 g/mol. The molecule has 132 valence electrons. The zero-order valence-electron chi connectivity index (χ0n) is 14.8. The fraction of sp³-hybridized carbons (Fsp3) is 0.938. The van der Waals surface area contributed by atoms with Crippen molar-refractivity contribution in [2.24, 2.45) is 10.4 Å². The highest BCUT2D eigenvalue weighted by Gasteiger charge is 2.36. The Labute approximate surface area is 153 Å². The first kappa shape index (κ1) is 21.9. The standard InChI is InChI=1S/C16H34N4O.HI/c1-5-20(6-2)12-11-18-15(17-3)19-14-16(8-7-9-16)10-13-21-4;/h5-14H2,1-4H3,(H2,17,18,19);1H. The van der Waals surface area contributed by atoms with Crippen molar-refractivity contribution in [2.75, 3.05) is 53.5 Å². The minimum absolute atomic E-state index is 0. The summed E-state index contributed by atoms with van der Waals surface area (Å²) in [5.74, 6) is 0.922. The molecule has 5 nitrogen and oxygen atoms in total. The van der Waals surface area contributed by atoms with Crippen LogP contribution in [0.4, 0.5) is 0 Å². The summed E-state index contributed by atoms with van der Waals surface area (Å²) in [7, 11) is 3.63. The number of halogens is 1. The van der Waals surface area contributed by atoms with E-state index < -0.39 is 0 Å². The monoisotopic (exact) mass is 426 g/mol. The van der Waals surface area contributed by atoms with E-state index in [-0.39, 0.29) is 24.0 Å². The highest BCUT2D eigenvalue weighted by molar-refractivity contribution is 14.0. The Kier molecular flexibility index (Phi) is 12.3. The molecule has 0 bridgehead atoms. The molecule has 0 atom stereocenters. The number of aliphatic imine (C=N–C) groups is 1. The molecule has 22 heavy (non-hydrogen) atoms. The molecule has 1 saturated carbocycles. The molecule has 0 saturated heterocycles. The van der Waals surface area contributed by atoms with Crippen molar-refractivity contribution >= 4 is 29.9 Å². The number of rotatable bonds is 10. The molecular formula is C16H35IN4O. The lowest BCUT2D eigenvalue weighted by Crippen LogP contribution is -2.48. The normalized spacial score (nSPS) is 16.9. The van der Waals surface area contributed by atoms with Gasteiger partial charge in [-0.1, -0.05) is 20.3 Å². The smallest absolute Gasteiger partial charge is 0.191 e. The number of nitrogens with one attached hydrogen (secondary N) is 2. The van der Waals surface area contributed by atoms with Gasteiger partial charge in [-0.25, -0.2) is 0 Å². The average Bonchev–Trinajstić information content (AvgIpc) is 2.48. The van der Waals surface area contributed by atoms with Gasteiger partial charge in [-0.15, -0.1) is 24.0 Å². The molecule has 0 spiro atoms. The van der Waals surface area contributed by atoms with Gasteiger partial charge in [-0.05, 0) is 37.8 Å². The Bertz CT molecular complexity index is 305. The minimum atomic E-state index is 0. The second-order valence-electron chi connectivity index (χ2n) is 5.98. The molecule has 6 heteroatoms. The number of nitrogens with zero attached hydrogens (tertiary/aromatic N) is 2. The quantitative estimate of drug-likeness (QED) is 0.320. The van der Waals surface area contributed by atoms with Crippen LogP contribution in [0.2, 0.25) is 0 Å². The van der Waals surface area contributed by atoms with E-state index in [2.05, 4.69) is 34.4 Å². The molecule has 0 aliphatic heterocycles. The summed E-state index contributed by atoms with van der Waals surface area (Å²) in [6.45, 7) is 10.5. The molecule has 0 amide bonds. The first-order valence-corrected chi connectivity index (χ1v) is 8.35.